The van der Waals surface area contributed by atoms with Crippen LogP contribution in [0.2, 0.25) is 0 Å². The molecule has 7 heteroatoms. The van der Waals surface area contributed by atoms with Crippen LogP contribution in [-0.2, 0) is 6.42 Å². The summed E-state index contributed by atoms with van der Waals surface area (Å²) < 4.78 is 0. The van der Waals surface area contributed by atoms with Crippen LogP contribution in [0.1, 0.15) is 288 Å². The lowest BCUT2D eigenvalue weighted by molar-refractivity contribution is 0.534. The number of aromatic nitrogens is 2. The average Bonchev–Trinajstić information content (AvgIpc) is 3.70. The molecular weight excluding hydrogens is 807 g/mol. The number of imidazole rings is 1. The second-order valence-electron chi connectivity index (χ2n) is 22.0. The normalized spacial score (nSPS) is 10.5. The van der Waals surface area contributed by atoms with E-state index in [4.69, 9.17) is 17.2 Å². The first-order valence-corrected chi connectivity index (χ1v) is 28.0. The molecule has 0 aliphatic carbocycles. The van der Waals surface area contributed by atoms with Crippen molar-refractivity contribution in [3.05, 3.63) is 18.2 Å². The molecule has 0 spiro atoms. The van der Waals surface area contributed by atoms with Crippen molar-refractivity contribution >= 4 is 11.8 Å². The average molecular weight is 941 g/mol. The lowest BCUT2D eigenvalue weighted by Gasteiger charge is -2.01. The molecule has 7 nitrogen and oxygen atoms in total. The Balaban J connectivity index is -0.0000000969. The van der Waals surface area contributed by atoms with Crippen molar-refractivity contribution in [1.82, 2.24) is 9.97 Å². The zero-order valence-electron chi connectivity index (χ0n) is 50.6. The molecule has 66 heavy (non-hydrogen) atoms. The second-order valence-corrected chi connectivity index (χ2v) is 22.0. The highest BCUT2D eigenvalue weighted by atomic mass is 15.0. The van der Waals surface area contributed by atoms with Gasteiger partial charge in [-0.15, -0.1) is 0 Å². The monoisotopic (exact) mass is 940 g/mol. The number of H-pyrrole nitrogens is 1. The molecule has 404 valence electrons. The van der Waals surface area contributed by atoms with Crippen LogP contribution in [0, 0.1) is 53.3 Å². The number of nitrogens with zero attached hydrogens (tertiary/aromatic N) is 3. The third kappa shape index (κ3) is 131. The van der Waals surface area contributed by atoms with Crippen molar-refractivity contribution in [3.63, 3.8) is 0 Å². The quantitative estimate of drug-likeness (QED) is 0.0494. The Morgan fingerprint density at radius 2 is 0.773 bits per heavy atom. The first-order valence-electron chi connectivity index (χ1n) is 28.0. The molecule has 1 aromatic rings. The van der Waals surface area contributed by atoms with E-state index in [0.717, 1.165) is 73.3 Å². The van der Waals surface area contributed by atoms with Gasteiger partial charge in [0.2, 0.25) is 0 Å². The van der Waals surface area contributed by atoms with Gasteiger partial charge in [-0.3, -0.25) is 9.98 Å². The van der Waals surface area contributed by atoms with Crippen LogP contribution in [0.3, 0.4) is 0 Å². The van der Waals surface area contributed by atoms with E-state index in [2.05, 4.69) is 186 Å². The van der Waals surface area contributed by atoms with Crippen molar-refractivity contribution in [2.75, 3.05) is 13.1 Å². The zero-order valence-corrected chi connectivity index (χ0v) is 50.6. The molecule has 0 bridgehead atoms. The summed E-state index contributed by atoms with van der Waals surface area (Å²) in [5.74, 6) is 8.54. The maximum absolute atomic E-state index is 5.38. The van der Waals surface area contributed by atoms with Crippen LogP contribution in [0.15, 0.2) is 22.5 Å². The van der Waals surface area contributed by atoms with Crippen molar-refractivity contribution < 1.29 is 0 Å². The minimum Gasteiger partial charge on any atom is -0.388 e. The van der Waals surface area contributed by atoms with E-state index >= 15 is 0 Å². The van der Waals surface area contributed by atoms with Gasteiger partial charge in [-0.2, -0.15) is 0 Å². The van der Waals surface area contributed by atoms with Gasteiger partial charge in [0.25, 0.3) is 0 Å². The molecule has 1 heterocycles. The van der Waals surface area contributed by atoms with Crippen molar-refractivity contribution in [1.29, 1.82) is 0 Å². The number of hydrogen-bond donors (Lipinski definition) is 4. The summed E-state index contributed by atoms with van der Waals surface area (Å²) in [4.78, 5) is 15.0. The Kier molecular flexibility index (Phi) is 82.4. The first-order chi connectivity index (χ1) is 30.7. The Bertz CT molecular complexity index is 935. The molecule has 0 atom stereocenters. The van der Waals surface area contributed by atoms with Gasteiger partial charge in [-0.05, 0) is 85.9 Å². The fraction of sp³-hybridized carbons (Fsp3) is 0.915. The van der Waals surface area contributed by atoms with Gasteiger partial charge >= 0.3 is 0 Å². The third-order valence-electron chi connectivity index (χ3n) is 9.58. The molecule has 0 saturated heterocycles. The summed E-state index contributed by atoms with van der Waals surface area (Å²) in [5, 5.41) is 0. The van der Waals surface area contributed by atoms with Gasteiger partial charge in [0.15, 0.2) is 5.96 Å². The maximum atomic E-state index is 5.38. The molecule has 0 fully saturated rings. The topological polar surface area (TPSA) is 131 Å². The number of guanidine groups is 1. The van der Waals surface area contributed by atoms with Crippen molar-refractivity contribution in [3.8, 4) is 0 Å². The number of amidine groups is 1. The van der Waals surface area contributed by atoms with Gasteiger partial charge in [0, 0.05) is 25.0 Å². The molecule has 0 aliphatic rings. The maximum Gasteiger partial charge on any atom is 0.185 e. The molecule has 0 saturated carbocycles. The van der Waals surface area contributed by atoms with E-state index in [-0.39, 0.29) is 5.96 Å². The molecule has 0 unspecified atom stereocenters. The van der Waals surface area contributed by atoms with Crippen LogP contribution in [0.5, 0.6) is 0 Å². The summed E-state index contributed by atoms with van der Waals surface area (Å²) in [6.07, 6.45) is 27.0. The number of rotatable bonds is 23. The van der Waals surface area contributed by atoms with E-state index < -0.39 is 0 Å². The number of hydrogen-bond acceptors (Lipinski definition) is 3. The van der Waals surface area contributed by atoms with Crippen LogP contribution in [0.4, 0.5) is 0 Å². The predicted octanol–water partition coefficient (Wildman–Crippen LogP) is 19.1. The summed E-state index contributed by atoms with van der Waals surface area (Å²) >= 11 is 0. The van der Waals surface area contributed by atoms with Gasteiger partial charge in [-0.25, -0.2) is 4.98 Å². The third-order valence-corrected chi connectivity index (χ3v) is 9.58. The Morgan fingerprint density at radius 3 is 1.00 bits per heavy atom. The summed E-state index contributed by atoms with van der Waals surface area (Å²) in [6.45, 7) is 57.1. The van der Waals surface area contributed by atoms with Crippen LogP contribution in [-0.4, -0.2) is 34.9 Å². The fourth-order valence-electron chi connectivity index (χ4n) is 5.00. The molecule has 0 amide bonds. The van der Waals surface area contributed by atoms with Gasteiger partial charge in [0.05, 0.1) is 12.2 Å². The highest BCUT2D eigenvalue weighted by Crippen LogP contribution is 2.08. The van der Waals surface area contributed by atoms with Gasteiger partial charge in [0.1, 0.15) is 0 Å². The summed E-state index contributed by atoms with van der Waals surface area (Å²) in [5.41, 5.74) is 16.9. The molecule has 1 aromatic heterocycles. The summed E-state index contributed by atoms with van der Waals surface area (Å²) in [6, 6.07) is 0. The minimum atomic E-state index is 0.198. The Morgan fingerprint density at radius 1 is 0.439 bits per heavy atom. The lowest BCUT2D eigenvalue weighted by atomic mass is 10.1. The number of aliphatic imine (C=N–C) groups is 2. The van der Waals surface area contributed by atoms with Crippen molar-refractivity contribution in [2.45, 2.75) is 289 Å². The van der Waals surface area contributed by atoms with E-state index in [1.54, 1.807) is 6.33 Å². The number of unbranched alkanes of at least 4 members (excludes halogenated alkanes) is 3. The molecular formula is C59H133N7. The fourth-order valence-corrected chi connectivity index (χ4v) is 5.00. The van der Waals surface area contributed by atoms with Crippen LogP contribution in [0.25, 0.3) is 0 Å². The zero-order chi connectivity index (χ0) is 53.3. The minimum absolute atomic E-state index is 0.198. The smallest absolute Gasteiger partial charge is 0.185 e. The standard InChI is InChI=1S/C9H20N2.C8H18.C7H17N3.C7H12N2.3C6H14.2C5H12/c1-8(2)6-4-5-7-11-9(3)10;1-4-5-6-7-8(2)3;1-6(2)4-3-5-10-7(8)9;1-6(2)3-7-4-8-5-9-7;3*1-4-5-6(2)3;2*1-4-5(2)3/h8H,4-7H2,1-3H3,(H2,10,11);8H,4-7H2,1-3H3;6H,3-5H2,1-2H3,(H4,8,9,10);4-6H,3H2,1-2H3,(H,8,9);3*6H,4-5H2,1-3H3;2*5H,4H2,1-3H3. The van der Waals surface area contributed by atoms with E-state index in [0.29, 0.717) is 11.8 Å². The molecule has 7 N–H and O–H groups in total. The highest BCUT2D eigenvalue weighted by Gasteiger charge is 1.97. The highest BCUT2D eigenvalue weighted by molar-refractivity contribution is 5.77. The molecule has 0 radical (unpaired) electrons. The lowest BCUT2D eigenvalue weighted by Crippen LogP contribution is -2.22. The van der Waals surface area contributed by atoms with Crippen molar-refractivity contribution in [2.24, 2.45) is 80.4 Å². The van der Waals surface area contributed by atoms with E-state index in [1.165, 1.54) is 108 Å². The van der Waals surface area contributed by atoms with E-state index in [9.17, 15) is 0 Å². The van der Waals surface area contributed by atoms with Crippen LogP contribution < -0.4 is 17.2 Å². The number of nitrogens with two attached hydrogens (primary N) is 3. The molecule has 0 aromatic carbocycles. The first kappa shape index (κ1) is 81.0. The van der Waals surface area contributed by atoms with Gasteiger partial charge < -0.3 is 22.2 Å². The number of nitrogens with one attached hydrogen (secondary N) is 1. The summed E-state index contributed by atoms with van der Waals surface area (Å²) in [7, 11) is 0. The predicted molar refractivity (Wildman–Crippen MR) is 311 cm³/mol. The Labute approximate surface area is 420 Å². The number of aromatic amines is 1. The van der Waals surface area contributed by atoms with Gasteiger partial charge in [-0.1, -0.05) is 256 Å². The largest absolute Gasteiger partial charge is 0.388 e. The Hall–Kier alpha value is -2.05. The molecule has 1 rings (SSSR count). The van der Waals surface area contributed by atoms with Crippen LogP contribution >= 0.6 is 0 Å². The van der Waals surface area contributed by atoms with E-state index in [1.807, 2.05) is 13.1 Å². The SMILES string of the molecule is CC(C)CCCN=C(N)N.CC(C)Cc1cnc[nH]1.CC(N)=NCCCCC(C)C.CCC(C)C.CCC(C)C.CCCC(C)C.CCCC(C)C.CCCC(C)C.CCCCCC(C)C. The second kappa shape index (κ2) is 67.2. The molecule has 0 aliphatic heterocycles.